The van der Waals surface area contributed by atoms with Crippen LogP contribution >= 0.6 is 11.6 Å². The molecule has 0 spiro atoms. The molecule has 0 fully saturated rings. The number of halogens is 1. The molecule has 66 valence electrons. The highest BCUT2D eigenvalue weighted by atomic mass is 35.5. The van der Waals surface area contributed by atoms with Gasteiger partial charge in [0.05, 0.1) is 11.4 Å². The molecule has 1 rings (SSSR count). The van der Waals surface area contributed by atoms with Crippen molar-refractivity contribution in [1.82, 2.24) is 9.97 Å². The van der Waals surface area contributed by atoms with E-state index >= 15 is 0 Å². The standard InChI is InChI=1S/C7H11ClN4/c1-4-5(9)6(12(2)3)11-7(8)10-4/h9H2,1-3H3. The maximum absolute atomic E-state index is 5.73. The van der Waals surface area contributed by atoms with Gasteiger partial charge in [-0.3, -0.25) is 0 Å². The Bertz CT molecular complexity index is 298. The molecule has 0 aromatic carbocycles. The lowest BCUT2D eigenvalue weighted by molar-refractivity contribution is 1.02. The number of aryl methyl sites for hydroxylation is 1. The first-order valence-electron chi connectivity index (χ1n) is 3.49. The normalized spacial score (nSPS) is 10.0. The van der Waals surface area contributed by atoms with Crippen molar-refractivity contribution in [1.29, 1.82) is 0 Å². The van der Waals surface area contributed by atoms with Gasteiger partial charge >= 0.3 is 0 Å². The van der Waals surface area contributed by atoms with Gasteiger partial charge in [-0.15, -0.1) is 0 Å². The fraction of sp³-hybridized carbons (Fsp3) is 0.429. The number of hydrogen-bond donors (Lipinski definition) is 1. The summed E-state index contributed by atoms with van der Waals surface area (Å²) in [5.41, 5.74) is 7.01. The molecule has 2 N–H and O–H groups in total. The van der Waals surface area contributed by atoms with Crippen LogP contribution in [0.15, 0.2) is 0 Å². The predicted molar refractivity (Wildman–Crippen MR) is 50.5 cm³/mol. The minimum atomic E-state index is 0.227. The number of nitrogens with two attached hydrogens (primary N) is 1. The van der Waals surface area contributed by atoms with Gasteiger partial charge in [-0.05, 0) is 18.5 Å². The third-order valence-corrected chi connectivity index (χ3v) is 1.68. The van der Waals surface area contributed by atoms with E-state index in [2.05, 4.69) is 9.97 Å². The Morgan fingerprint density at radius 2 is 1.92 bits per heavy atom. The van der Waals surface area contributed by atoms with E-state index in [1.54, 1.807) is 11.8 Å². The summed E-state index contributed by atoms with van der Waals surface area (Å²) < 4.78 is 0. The molecule has 0 radical (unpaired) electrons. The lowest BCUT2D eigenvalue weighted by Gasteiger charge is -2.14. The van der Waals surface area contributed by atoms with Crippen molar-refractivity contribution in [3.8, 4) is 0 Å². The summed E-state index contributed by atoms with van der Waals surface area (Å²) >= 11 is 5.66. The van der Waals surface area contributed by atoms with Crippen LogP contribution in [-0.4, -0.2) is 24.1 Å². The number of anilines is 2. The SMILES string of the molecule is Cc1nc(Cl)nc(N(C)C)c1N. The second-order valence-corrected chi connectivity index (χ2v) is 3.05. The highest BCUT2D eigenvalue weighted by Gasteiger charge is 2.08. The van der Waals surface area contributed by atoms with Gasteiger partial charge in [0, 0.05) is 14.1 Å². The maximum Gasteiger partial charge on any atom is 0.224 e. The van der Waals surface area contributed by atoms with Crippen LogP contribution < -0.4 is 10.6 Å². The smallest absolute Gasteiger partial charge is 0.224 e. The molecule has 1 heterocycles. The molecular formula is C7H11ClN4. The van der Waals surface area contributed by atoms with Crippen LogP contribution in [-0.2, 0) is 0 Å². The van der Waals surface area contributed by atoms with Crippen LogP contribution in [0.25, 0.3) is 0 Å². The first-order chi connectivity index (χ1) is 5.52. The highest BCUT2D eigenvalue weighted by Crippen LogP contribution is 2.22. The summed E-state index contributed by atoms with van der Waals surface area (Å²) in [6, 6.07) is 0. The Balaban J connectivity index is 3.28. The van der Waals surface area contributed by atoms with Gasteiger partial charge in [0.1, 0.15) is 0 Å². The van der Waals surface area contributed by atoms with E-state index in [9.17, 15) is 0 Å². The van der Waals surface area contributed by atoms with Gasteiger partial charge in [-0.1, -0.05) is 0 Å². The fourth-order valence-corrected chi connectivity index (χ4v) is 1.08. The molecule has 5 heteroatoms. The second kappa shape index (κ2) is 3.15. The van der Waals surface area contributed by atoms with Crippen LogP contribution in [0.3, 0.4) is 0 Å². The monoisotopic (exact) mass is 186 g/mol. The molecule has 0 atom stereocenters. The summed E-state index contributed by atoms with van der Waals surface area (Å²) in [7, 11) is 3.71. The van der Waals surface area contributed by atoms with Crippen molar-refractivity contribution in [2.75, 3.05) is 24.7 Å². The average Bonchev–Trinajstić information content (AvgIpc) is 1.96. The number of rotatable bonds is 1. The molecule has 0 aliphatic heterocycles. The van der Waals surface area contributed by atoms with Crippen molar-refractivity contribution in [2.45, 2.75) is 6.92 Å². The van der Waals surface area contributed by atoms with Crippen LogP contribution in [0.4, 0.5) is 11.5 Å². The fourth-order valence-electron chi connectivity index (χ4n) is 0.874. The van der Waals surface area contributed by atoms with Gasteiger partial charge in [-0.2, -0.15) is 4.98 Å². The van der Waals surface area contributed by atoms with Crippen molar-refractivity contribution in [2.24, 2.45) is 0 Å². The van der Waals surface area contributed by atoms with E-state index in [1.165, 1.54) is 0 Å². The molecule has 0 amide bonds. The molecule has 1 aromatic rings. The summed E-state index contributed by atoms with van der Waals surface area (Å²) in [6.07, 6.45) is 0. The number of hydrogen-bond acceptors (Lipinski definition) is 4. The molecule has 0 aliphatic carbocycles. The van der Waals surface area contributed by atoms with Crippen molar-refractivity contribution >= 4 is 23.1 Å². The Morgan fingerprint density at radius 1 is 1.33 bits per heavy atom. The lowest BCUT2D eigenvalue weighted by Crippen LogP contribution is -2.14. The van der Waals surface area contributed by atoms with E-state index in [-0.39, 0.29) is 5.28 Å². The molecule has 12 heavy (non-hydrogen) atoms. The van der Waals surface area contributed by atoms with E-state index in [0.29, 0.717) is 17.2 Å². The third kappa shape index (κ3) is 1.58. The molecule has 0 saturated carbocycles. The predicted octanol–water partition coefficient (Wildman–Crippen LogP) is 1.09. The molecular weight excluding hydrogens is 176 g/mol. The Hall–Kier alpha value is -1.03. The van der Waals surface area contributed by atoms with Gasteiger partial charge in [0.25, 0.3) is 0 Å². The summed E-state index contributed by atoms with van der Waals surface area (Å²) in [4.78, 5) is 9.71. The first-order valence-corrected chi connectivity index (χ1v) is 3.87. The highest BCUT2D eigenvalue weighted by molar-refractivity contribution is 6.28. The number of nitrogen functional groups attached to an aromatic ring is 1. The van der Waals surface area contributed by atoms with E-state index in [0.717, 1.165) is 0 Å². The summed E-state index contributed by atoms with van der Waals surface area (Å²) in [5, 5.41) is 0.227. The summed E-state index contributed by atoms with van der Waals surface area (Å²) in [6.45, 7) is 1.80. The lowest BCUT2D eigenvalue weighted by atomic mass is 10.3. The molecule has 0 unspecified atom stereocenters. The topological polar surface area (TPSA) is 55.0 Å². The first kappa shape index (κ1) is 9.06. The van der Waals surface area contributed by atoms with Crippen LogP contribution in [0.2, 0.25) is 5.28 Å². The van der Waals surface area contributed by atoms with Crippen LogP contribution in [0.5, 0.6) is 0 Å². The largest absolute Gasteiger partial charge is 0.394 e. The molecule has 0 saturated heterocycles. The van der Waals surface area contributed by atoms with Crippen LogP contribution in [0.1, 0.15) is 5.69 Å². The van der Waals surface area contributed by atoms with E-state index < -0.39 is 0 Å². The van der Waals surface area contributed by atoms with E-state index in [4.69, 9.17) is 17.3 Å². The van der Waals surface area contributed by atoms with Crippen molar-refractivity contribution in [3.05, 3.63) is 11.0 Å². The number of nitrogens with zero attached hydrogens (tertiary/aromatic N) is 3. The Kier molecular flexibility index (Phi) is 2.38. The Labute approximate surface area is 76.4 Å². The van der Waals surface area contributed by atoms with Gasteiger partial charge in [0.2, 0.25) is 5.28 Å². The Morgan fingerprint density at radius 3 is 2.42 bits per heavy atom. The quantitative estimate of drug-likeness (QED) is 0.668. The van der Waals surface area contributed by atoms with E-state index in [1.807, 2.05) is 14.1 Å². The maximum atomic E-state index is 5.73. The zero-order valence-electron chi connectivity index (χ0n) is 7.30. The second-order valence-electron chi connectivity index (χ2n) is 2.71. The molecule has 0 aliphatic rings. The molecule has 1 aromatic heterocycles. The summed E-state index contributed by atoms with van der Waals surface area (Å²) in [5.74, 6) is 0.660. The minimum absolute atomic E-state index is 0.227. The minimum Gasteiger partial charge on any atom is -0.394 e. The third-order valence-electron chi connectivity index (χ3n) is 1.51. The zero-order valence-corrected chi connectivity index (χ0v) is 8.05. The van der Waals surface area contributed by atoms with Crippen molar-refractivity contribution < 1.29 is 0 Å². The van der Waals surface area contributed by atoms with Crippen LogP contribution in [0, 0.1) is 6.92 Å². The van der Waals surface area contributed by atoms with Gasteiger partial charge in [0.15, 0.2) is 5.82 Å². The van der Waals surface area contributed by atoms with Gasteiger partial charge < -0.3 is 10.6 Å². The molecule has 4 nitrogen and oxygen atoms in total. The number of aromatic nitrogens is 2. The zero-order chi connectivity index (χ0) is 9.30. The molecule has 0 bridgehead atoms. The van der Waals surface area contributed by atoms with Gasteiger partial charge in [-0.25, -0.2) is 4.98 Å². The average molecular weight is 187 g/mol. The van der Waals surface area contributed by atoms with Crippen molar-refractivity contribution in [3.63, 3.8) is 0 Å².